The van der Waals surface area contributed by atoms with Crippen LogP contribution in [0.4, 0.5) is 0 Å². The first-order valence-electron chi connectivity index (χ1n) is 5.58. The van der Waals surface area contributed by atoms with Crippen molar-refractivity contribution in [1.82, 2.24) is 0 Å². The molecule has 2 aliphatic rings. The van der Waals surface area contributed by atoms with E-state index in [1.54, 1.807) is 0 Å². The summed E-state index contributed by atoms with van der Waals surface area (Å²) in [5.41, 5.74) is 0. The van der Waals surface area contributed by atoms with Gasteiger partial charge in [-0.05, 0) is 32.6 Å². The zero-order chi connectivity index (χ0) is 9.26. The number of rotatable bonds is 3. The van der Waals surface area contributed by atoms with Gasteiger partial charge >= 0.3 is 0 Å². The van der Waals surface area contributed by atoms with Crippen molar-refractivity contribution in [3.63, 3.8) is 0 Å². The predicted molar refractivity (Wildman–Crippen MR) is 51.5 cm³/mol. The molecule has 1 aliphatic heterocycles. The Hall–Kier alpha value is -0.0800. The van der Waals surface area contributed by atoms with Crippen LogP contribution >= 0.6 is 0 Å². The summed E-state index contributed by atoms with van der Waals surface area (Å²) in [6.45, 7) is 4.14. The zero-order valence-corrected chi connectivity index (χ0v) is 8.66. The maximum atomic E-state index is 5.60. The van der Waals surface area contributed by atoms with Crippen molar-refractivity contribution < 1.29 is 9.47 Å². The number of epoxide rings is 1. The normalized spacial score (nSPS) is 35.3. The Balaban J connectivity index is 1.71. The van der Waals surface area contributed by atoms with Gasteiger partial charge in [0.15, 0.2) is 6.29 Å². The van der Waals surface area contributed by atoms with E-state index in [0.717, 1.165) is 5.92 Å². The molecule has 1 heterocycles. The van der Waals surface area contributed by atoms with Gasteiger partial charge in [-0.15, -0.1) is 0 Å². The number of hydrogen-bond donors (Lipinski definition) is 0. The molecule has 0 aromatic carbocycles. The van der Waals surface area contributed by atoms with Crippen LogP contribution in [0, 0.1) is 5.92 Å². The Morgan fingerprint density at radius 1 is 1.15 bits per heavy atom. The molecule has 76 valence electrons. The van der Waals surface area contributed by atoms with E-state index in [1.165, 1.54) is 32.1 Å². The fourth-order valence-electron chi connectivity index (χ4n) is 2.28. The molecule has 2 rings (SSSR count). The van der Waals surface area contributed by atoms with E-state index < -0.39 is 0 Å². The van der Waals surface area contributed by atoms with Crippen LogP contribution < -0.4 is 0 Å². The summed E-state index contributed by atoms with van der Waals surface area (Å²) in [5.74, 6) is 0.789. The number of hydrogen-bond acceptors (Lipinski definition) is 2. The smallest absolute Gasteiger partial charge is 0.184 e. The lowest BCUT2D eigenvalue weighted by Crippen LogP contribution is -2.17. The second kappa shape index (κ2) is 3.97. The van der Waals surface area contributed by atoms with Crippen LogP contribution in [0.2, 0.25) is 0 Å². The first-order chi connectivity index (χ1) is 6.27. The summed E-state index contributed by atoms with van der Waals surface area (Å²) in [5, 5.41) is 0. The molecule has 0 spiro atoms. The largest absolute Gasteiger partial charge is 0.347 e. The Morgan fingerprint density at radius 2 is 1.85 bits per heavy atom. The van der Waals surface area contributed by atoms with Crippen LogP contribution in [-0.4, -0.2) is 18.5 Å². The zero-order valence-electron chi connectivity index (χ0n) is 8.66. The Morgan fingerprint density at radius 3 is 2.46 bits per heavy atom. The third-order valence-corrected chi connectivity index (χ3v) is 3.00. The van der Waals surface area contributed by atoms with Gasteiger partial charge in [0.05, 0.1) is 6.10 Å². The summed E-state index contributed by atoms with van der Waals surface area (Å²) in [6.07, 6.45) is 7.76. The fraction of sp³-hybridized carbons (Fsp3) is 1.00. The first kappa shape index (κ1) is 9.47. The van der Waals surface area contributed by atoms with Gasteiger partial charge in [0, 0.05) is 0 Å². The van der Waals surface area contributed by atoms with Crippen LogP contribution in [-0.2, 0) is 9.47 Å². The van der Waals surface area contributed by atoms with E-state index in [-0.39, 0.29) is 6.29 Å². The van der Waals surface area contributed by atoms with Crippen molar-refractivity contribution in [2.24, 2.45) is 5.92 Å². The Kier molecular flexibility index (Phi) is 2.89. The van der Waals surface area contributed by atoms with Gasteiger partial charge in [-0.25, -0.2) is 0 Å². The molecule has 2 fully saturated rings. The van der Waals surface area contributed by atoms with E-state index in [1.807, 2.05) is 0 Å². The minimum absolute atomic E-state index is 0.128. The minimum atomic E-state index is 0.128. The number of ether oxygens (including phenoxy) is 2. The quantitative estimate of drug-likeness (QED) is 0.629. The Labute approximate surface area is 80.6 Å². The summed E-state index contributed by atoms with van der Waals surface area (Å²) in [6, 6.07) is 0. The lowest BCUT2D eigenvalue weighted by Gasteiger charge is -2.19. The average molecular weight is 184 g/mol. The molecule has 2 unspecified atom stereocenters. The summed E-state index contributed by atoms with van der Waals surface area (Å²) >= 11 is 0. The van der Waals surface area contributed by atoms with E-state index in [4.69, 9.17) is 9.47 Å². The van der Waals surface area contributed by atoms with Crippen molar-refractivity contribution in [2.45, 2.75) is 64.4 Å². The molecular formula is C11H20O2. The maximum Gasteiger partial charge on any atom is 0.184 e. The molecule has 2 heteroatoms. The minimum Gasteiger partial charge on any atom is -0.347 e. The van der Waals surface area contributed by atoms with E-state index in [9.17, 15) is 0 Å². The topological polar surface area (TPSA) is 21.8 Å². The van der Waals surface area contributed by atoms with Gasteiger partial charge in [-0.2, -0.15) is 0 Å². The molecule has 0 N–H and O–H groups in total. The molecule has 1 saturated heterocycles. The molecule has 1 aliphatic carbocycles. The molecule has 13 heavy (non-hydrogen) atoms. The van der Waals surface area contributed by atoms with Crippen molar-refractivity contribution in [2.75, 3.05) is 0 Å². The van der Waals surface area contributed by atoms with Crippen LogP contribution in [0.3, 0.4) is 0 Å². The van der Waals surface area contributed by atoms with E-state index >= 15 is 0 Å². The van der Waals surface area contributed by atoms with Gasteiger partial charge in [-0.1, -0.05) is 19.3 Å². The molecule has 0 aromatic rings. The second-order valence-corrected chi connectivity index (χ2v) is 4.55. The first-order valence-corrected chi connectivity index (χ1v) is 5.58. The predicted octanol–water partition coefficient (Wildman–Crippen LogP) is 2.72. The highest BCUT2D eigenvalue weighted by molar-refractivity contribution is 4.86. The van der Waals surface area contributed by atoms with Gasteiger partial charge < -0.3 is 9.47 Å². The SMILES string of the molecule is CC(C)OC1OC1C1CCCCC1. The van der Waals surface area contributed by atoms with Crippen LogP contribution in [0.1, 0.15) is 46.0 Å². The molecule has 0 radical (unpaired) electrons. The van der Waals surface area contributed by atoms with Gasteiger partial charge in [-0.3, -0.25) is 0 Å². The van der Waals surface area contributed by atoms with Gasteiger partial charge in [0.1, 0.15) is 6.10 Å². The highest BCUT2D eigenvalue weighted by atomic mass is 16.8. The molecule has 0 aromatic heterocycles. The maximum absolute atomic E-state index is 5.60. The van der Waals surface area contributed by atoms with Gasteiger partial charge in [0.2, 0.25) is 0 Å². The lowest BCUT2D eigenvalue weighted by molar-refractivity contribution is 0.00787. The summed E-state index contributed by atoms with van der Waals surface area (Å²) in [7, 11) is 0. The van der Waals surface area contributed by atoms with Gasteiger partial charge in [0.25, 0.3) is 0 Å². The fourth-order valence-corrected chi connectivity index (χ4v) is 2.28. The van der Waals surface area contributed by atoms with E-state index in [2.05, 4.69) is 13.8 Å². The van der Waals surface area contributed by atoms with Crippen molar-refractivity contribution >= 4 is 0 Å². The Bertz CT molecular complexity index is 161. The lowest BCUT2D eigenvalue weighted by atomic mass is 9.87. The van der Waals surface area contributed by atoms with E-state index in [0.29, 0.717) is 12.2 Å². The molecule has 1 saturated carbocycles. The van der Waals surface area contributed by atoms with Crippen LogP contribution in [0.15, 0.2) is 0 Å². The third kappa shape index (κ3) is 2.44. The second-order valence-electron chi connectivity index (χ2n) is 4.55. The monoisotopic (exact) mass is 184 g/mol. The third-order valence-electron chi connectivity index (χ3n) is 3.00. The highest BCUT2D eigenvalue weighted by Gasteiger charge is 2.46. The standard InChI is InChI=1S/C11H20O2/c1-8(2)12-11-10(13-11)9-6-4-3-5-7-9/h8-11H,3-7H2,1-2H3. The van der Waals surface area contributed by atoms with Crippen LogP contribution in [0.5, 0.6) is 0 Å². The molecular weight excluding hydrogens is 164 g/mol. The van der Waals surface area contributed by atoms with Crippen molar-refractivity contribution in [1.29, 1.82) is 0 Å². The van der Waals surface area contributed by atoms with Crippen molar-refractivity contribution in [3.05, 3.63) is 0 Å². The van der Waals surface area contributed by atoms with Crippen LogP contribution in [0.25, 0.3) is 0 Å². The molecule has 2 nitrogen and oxygen atoms in total. The molecule has 0 amide bonds. The molecule has 2 atom stereocenters. The summed E-state index contributed by atoms with van der Waals surface area (Å²) in [4.78, 5) is 0. The molecule has 0 bridgehead atoms. The average Bonchev–Trinajstić information content (AvgIpc) is 2.84. The highest BCUT2D eigenvalue weighted by Crippen LogP contribution is 2.39. The summed E-state index contributed by atoms with van der Waals surface area (Å²) < 4.78 is 11.1. The van der Waals surface area contributed by atoms with Crippen molar-refractivity contribution in [3.8, 4) is 0 Å².